The van der Waals surface area contributed by atoms with Crippen molar-refractivity contribution in [2.24, 2.45) is 5.73 Å². The molecule has 2 aliphatic rings. The van der Waals surface area contributed by atoms with Gasteiger partial charge in [-0.1, -0.05) is 23.9 Å². The first kappa shape index (κ1) is 14.7. The molecule has 1 atom stereocenters. The molecule has 8 heteroatoms. The molecule has 4 rings (SSSR count). The van der Waals surface area contributed by atoms with Crippen molar-refractivity contribution in [1.29, 1.82) is 0 Å². The zero-order valence-corrected chi connectivity index (χ0v) is 13.2. The highest BCUT2D eigenvalue weighted by Crippen LogP contribution is 2.49. The van der Waals surface area contributed by atoms with E-state index < -0.39 is 4.99 Å². The van der Waals surface area contributed by atoms with Gasteiger partial charge in [-0.15, -0.1) is 0 Å². The molecule has 1 fully saturated rings. The Morgan fingerprint density at radius 1 is 1.17 bits per heavy atom. The van der Waals surface area contributed by atoms with Crippen LogP contribution in [0.4, 0.5) is 15.9 Å². The quantitative estimate of drug-likeness (QED) is 0.716. The number of nitrogens with two attached hydrogens (primary N) is 1. The lowest BCUT2D eigenvalue weighted by Crippen LogP contribution is -2.44. The van der Waals surface area contributed by atoms with Gasteiger partial charge in [0.1, 0.15) is 22.9 Å². The van der Waals surface area contributed by atoms with Crippen molar-refractivity contribution in [3.8, 4) is 0 Å². The van der Waals surface area contributed by atoms with Crippen LogP contribution in [0.2, 0.25) is 0 Å². The molecule has 2 aromatic rings. The zero-order chi connectivity index (χ0) is 15.9. The van der Waals surface area contributed by atoms with Crippen LogP contribution in [0.3, 0.4) is 0 Å². The maximum Gasteiger partial charge on any atom is 0.167 e. The van der Waals surface area contributed by atoms with Crippen LogP contribution in [0.15, 0.2) is 35.6 Å². The van der Waals surface area contributed by atoms with Gasteiger partial charge in [0.25, 0.3) is 0 Å². The lowest BCUT2D eigenvalue weighted by molar-refractivity contribution is 0.584. The minimum atomic E-state index is -0.866. The number of piperazine rings is 1. The molecule has 0 radical (unpaired) electrons. The highest BCUT2D eigenvalue weighted by Gasteiger charge is 2.39. The Kier molecular flexibility index (Phi) is 3.59. The molecule has 120 valence electrons. The van der Waals surface area contributed by atoms with Crippen molar-refractivity contribution in [2.45, 2.75) is 10.0 Å². The van der Waals surface area contributed by atoms with Crippen molar-refractivity contribution in [3.05, 3.63) is 42.0 Å². The molecule has 2 aliphatic heterocycles. The van der Waals surface area contributed by atoms with Gasteiger partial charge in [0.15, 0.2) is 10.8 Å². The molecular formula is C15H17FN6S. The Morgan fingerprint density at radius 3 is 2.65 bits per heavy atom. The van der Waals surface area contributed by atoms with Gasteiger partial charge in [-0.3, -0.25) is 5.73 Å². The van der Waals surface area contributed by atoms with E-state index in [1.54, 1.807) is 18.5 Å². The maximum atomic E-state index is 13.2. The number of benzene rings is 1. The second-order valence-electron chi connectivity index (χ2n) is 5.58. The second-order valence-corrected chi connectivity index (χ2v) is 6.82. The molecule has 23 heavy (non-hydrogen) atoms. The van der Waals surface area contributed by atoms with Gasteiger partial charge < -0.3 is 15.5 Å². The fourth-order valence-electron chi connectivity index (χ4n) is 2.86. The third-order valence-electron chi connectivity index (χ3n) is 4.05. The average molecular weight is 332 g/mol. The number of hydrogen-bond donors (Lipinski definition) is 3. The van der Waals surface area contributed by atoms with Crippen LogP contribution in [0.5, 0.6) is 0 Å². The smallest absolute Gasteiger partial charge is 0.167 e. The van der Waals surface area contributed by atoms with Crippen LogP contribution in [0.25, 0.3) is 0 Å². The molecule has 1 aromatic carbocycles. The van der Waals surface area contributed by atoms with Crippen molar-refractivity contribution >= 4 is 23.3 Å². The van der Waals surface area contributed by atoms with Crippen molar-refractivity contribution in [1.82, 2.24) is 15.3 Å². The van der Waals surface area contributed by atoms with E-state index in [-0.39, 0.29) is 5.82 Å². The number of fused-ring (bicyclic) bond motifs is 1. The minimum Gasteiger partial charge on any atom is -0.352 e. The molecular weight excluding hydrogens is 315 g/mol. The number of halogens is 1. The van der Waals surface area contributed by atoms with Crippen LogP contribution in [0.1, 0.15) is 5.56 Å². The molecule has 3 heterocycles. The monoisotopic (exact) mass is 332 g/mol. The Labute approximate surface area is 137 Å². The fraction of sp³-hybridized carbons (Fsp3) is 0.333. The first-order valence-corrected chi connectivity index (χ1v) is 8.30. The summed E-state index contributed by atoms with van der Waals surface area (Å²) in [6, 6.07) is 6.22. The summed E-state index contributed by atoms with van der Waals surface area (Å²) in [6.45, 7) is 3.64. The van der Waals surface area contributed by atoms with Crippen LogP contribution in [0, 0.1) is 5.82 Å². The Bertz CT molecular complexity index is 718. The lowest BCUT2D eigenvalue weighted by Gasteiger charge is -2.30. The third-order valence-corrected chi connectivity index (χ3v) is 5.21. The zero-order valence-electron chi connectivity index (χ0n) is 12.4. The number of aromatic nitrogens is 2. The summed E-state index contributed by atoms with van der Waals surface area (Å²) < 4.78 is 13.2. The number of nitrogens with zero attached hydrogens (tertiary/aromatic N) is 3. The van der Waals surface area contributed by atoms with Gasteiger partial charge in [-0.05, 0) is 12.1 Å². The van der Waals surface area contributed by atoms with E-state index in [9.17, 15) is 4.39 Å². The van der Waals surface area contributed by atoms with Gasteiger partial charge in [0.2, 0.25) is 0 Å². The lowest BCUT2D eigenvalue weighted by atomic mass is 10.1. The van der Waals surface area contributed by atoms with E-state index in [0.29, 0.717) is 0 Å². The molecule has 0 bridgehead atoms. The van der Waals surface area contributed by atoms with Gasteiger partial charge in [-0.25, -0.2) is 14.4 Å². The van der Waals surface area contributed by atoms with Gasteiger partial charge in [0, 0.05) is 31.7 Å². The highest BCUT2D eigenvalue weighted by atomic mass is 32.2. The molecule has 1 saturated heterocycles. The summed E-state index contributed by atoms with van der Waals surface area (Å²) in [5.74, 6) is 0.595. The van der Waals surface area contributed by atoms with Crippen molar-refractivity contribution in [2.75, 3.05) is 36.4 Å². The van der Waals surface area contributed by atoms with Crippen LogP contribution < -0.4 is 21.3 Å². The average Bonchev–Trinajstić information content (AvgIpc) is 2.93. The molecule has 1 unspecified atom stereocenters. The van der Waals surface area contributed by atoms with Gasteiger partial charge in [0.05, 0.1) is 0 Å². The molecule has 1 aromatic heterocycles. The number of anilines is 2. The van der Waals surface area contributed by atoms with Crippen LogP contribution in [-0.2, 0) is 4.99 Å². The van der Waals surface area contributed by atoms with Gasteiger partial charge in [-0.2, -0.15) is 0 Å². The van der Waals surface area contributed by atoms with Crippen LogP contribution >= 0.6 is 11.8 Å². The molecule has 0 spiro atoms. The third kappa shape index (κ3) is 2.62. The van der Waals surface area contributed by atoms with E-state index in [2.05, 4.69) is 25.5 Å². The van der Waals surface area contributed by atoms with Crippen LogP contribution in [-0.4, -0.2) is 36.1 Å². The molecule has 0 aliphatic carbocycles. The predicted octanol–water partition coefficient (Wildman–Crippen LogP) is 1.31. The summed E-state index contributed by atoms with van der Waals surface area (Å²) in [5.41, 5.74) is 8.16. The topological polar surface area (TPSA) is 79.1 Å². The molecule has 6 nitrogen and oxygen atoms in total. The Balaban J connectivity index is 1.67. The number of rotatable bonds is 2. The van der Waals surface area contributed by atoms with Crippen molar-refractivity contribution < 1.29 is 4.39 Å². The minimum absolute atomic E-state index is 0.279. The first-order valence-electron chi connectivity index (χ1n) is 7.48. The second kappa shape index (κ2) is 5.63. The SMILES string of the molecule is NC1(c2ccc(F)cc2)Nc2c(ncnc2N2CCNCC2)S1. The number of hydrogen-bond acceptors (Lipinski definition) is 7. The summed E-state index contributed by atoms with van der Waals surface area (Å²) in [5, 5.41) is 7.49. The molecule has 0 amide bonds. The Morgan fingerprint density at radius 2 is 1.91 bits per heavy atom. The predicted molar refractivity (Wildman–Crippen MR) is 88.9 cm³/mol. The maximum absolute atomic E-state index is 13.2. The van der Waals surface area contributed by atoms with E-state index in [1.807, 2.05) is 0 Å². The molecule has 0 saturated carbocycles. The molecule has 4 N–H and O–H groups in total. The number of thioether (sulfide) groups is 1. The van der Waals surface area contributed by atoms with E-state index >= 15 is 0 Å². The fourth-order valence-corrected chi connectivity index (χ4v) is 3.91. The summed E-state index contributed by atoms with van der Waals surface area (Å²) in [6.07, 6.45) is 1.57. The van der Waals surface area contributed by atoms with Gasteiger partial charge >= 0.3 is 0 Å². The summed E-state index contributed by atoms with van der Waals surface area (Å²) in [4.78, 5) is 10.1. The number of nitrogens with one attached hydrogen (secondary N) is 2. The normalized spacial score (nSPS) is 23.5. The first-order chi connectivity index (χ1) is 11.2. The van der Waals surface area contributed by atoms with E-state index in [1.165, 1.54) is 23.9 Å². The van der Waals surface area contributed by atoms with E-state index in [4.69, 9.17) is 5.73 Å². The summed E-state index contributed by atoms with van der Waals surface area (Å²) in [7, 11) is 0. The largest absolute Gasteiger partial charge is 0.352 e. The summed E-state index contributed by atoms with van der Waals surface area (Å²) >= 11 is 1.43. The Hall–Kier alpha value is -1.90. The highest BCUT2D eigenvalue weighted by molar-refractivity contribution is 8.00. The van der Waals surface area contributed by atoms with Crippen molar-refractivity contribution in [3.63, 3.8) is 0 Å². The standard InChI is InChI=1S/C15H17FN6S/c16-11-3-1-10(2-4-11)15(17)21-12-13(19-9-20-14(12)23-15)22-7-5-18-6-8-22/h1-4,9,18,21H,5-8,17H2. The van der Waals surface area contributed by atoms with E-state index in [0.717, 1.165) is 48.3 Å².